The first kappa shape index (κ1) is 12.0. The van der Waals surface area contributed by atoms with E-state index in [1.54, 1.807) is 0 Å². The Morgan fingerprint density at radius 3 is 2.38 bits per heavy atom. The molecule has 0 heterocycles. The van der Waals surface area contributed by atoms with Crippen LogP contribution in [0.4, 0.5) is 14.9 Å². The first-order valence-corrected chi connectivity index (χ1v) is 4.61. The van der Waals surface area contributed by atoms with Crippen LogP contribution in [0, 0.1) is 5.82 Å². The lowest BCUT2D eigenvalue weighted by Crippen LogP contribution is -2.44. The van der Waals surface area contributed by atoms with Gasteiger partial charge in [-0.05, 0) is 31.2 Å². The van der Waals surface area contributed by atoms with Gasteiger partial charge in [-0.15, -0.1) is 0 Å². The fourth-order valence-electron chi connectivity index (χ4n) is 1.06. The summed E-state index contributed by atoms with van der Waals surface area (Å²) in [6.45, 7) is 1.49. The first-order chi connectivity index (χ1) is 7.49. The van der Waals surface area contributed by atoms with E-state index in [4.69, 9.17) is 5.73 Å². The minimum atomic E-state index is -0.776. The minimum Gasteiger partial charge on any atom is -0.352 e. The molecule has 4 N–H and O–H groups in total. The van der Waals surface area contributed by atoms with Crippen LogP contribution in [0.25, 0.3) is 0 Å². The Kier molecular flexibility index (Phi) is 3.82. The lowest BCUT2D eigenvalue weighted by Gasteiger charge is -2.12. The van der Waals surface area contributed by atoms with Crippen LogP contribution in [0.2, 0.25) is 0 Å². The van der Waals surface area contributed by atoms with Crippen molar-refractivity contribution in [3.05, 3.63) is 30.1 Å². The Morgan fingerprint density at radius 1 is 1.31 bits per heavy atom. The van der Waals surface area contributed by atoms with E-state index in [1.165, 1.54) is 31.2 Å². The molecule has 86 valence electrons. The average molecular weight is 225 g/mol. The standard InChI is InChI=1S/C10H12FN3O2/c1-6(13-10(12)16)9(15)14-8-4-2-7(11)3-5-8/h2-6H,1H3,(H,14,15)(H3,12,13,16). The molecule has 0 spiro atoms. The van der Waals surface area contributed by atoms with Crippen LogP contribution in [-0.4, -0.2) is 18.0 Å². The molecule has 6 heteroatoms. The number of anilines is 1. The van der Waals surface area contributed by atoms with Gasteiger partial charge in [-0.2, -0.15) is 0 Å². The van der Waals surface area contributed by atoms with Crippen molar-refractivity contribution in [3.8, 4) is 0 Å². The van der Waals surface area contributed by atoms with Crippen LogP contribution in [-0.2, 0) is 4.79 Å². The molecule has 0 radical (unpaired) electrons. The number of primary amides is 1. The normalized spacial score (nSPS) is 11.6. The van der Waals surface area contributed by atoms with Gasteiger partial charge in [-0.3, -0.25) is 4.79 Å². The Labute approximate surface area is 91.8 Å². The van der Waals surface area contributed by atoms with Gasteiger partial charge in [0.2, 0.25) is 5.91 Å². The van der Waals surface area contributed by atoms with Crippen molar-refractivity contribution in [2.45, 2.75) is 13.0 Å². The Morgan fingerprint density at radius 2 is 1.88 bits per heavy atom. The molecule has 1 unspecified atom stereocenters. The summed E-state index contributed by atoms with van der Waals surface area (Å²) in [7, 11) is 0. The maximum absolute atomic E-state index is 12.6. The number of amides is 3. The summed E-state index contributed by atoms with van der Waals surface area (Å²) in [5, 5.41) is 4.73. The molecule has 1 rings (SSSR count). The highest BCUT2D eigenvalue weighted by molar-refractivity contribution is 5.96. The van der Waals surface area contributed by atoms with Gasteiger partial charge in [0.25, 0.3) is 0 Å². The molecule has 0 aliphatic carbocycles. The van der Waals surface area contributed by atoms with Gasteiger partial charge in [0, 0.05) is 5.69 Å². The number of hydrogen-bond donors (Lipinski definition) is 3. The van der Waals surface area contributed by atoms with Gasteiger partial charge in [0.05, 0.1) is 0 Å². The number of carbonyl (C=O) groups is 2. The van der Waals surface area contributed by atoms with Crippen molar-refractivity contribution in [2.24, 2.45) is 5.73 Å². The quantitative estimate of drug-likeness (QED) is 0.711. The van der Waals surface area contributed by atoms with Gasteiger partial charge in [-0.25, -0.2) is 9.18 Å². The van der Waals surface area contributed by atoms with Gasteiger partial charge >= 0.3 is 6.03 Å². The first-order valence-electron chi connectivity index (χ1n) is 4.61. The minimum absolute atomic E-state index is 0.388. The van der Waals surface area contributed by atoms with Gasteiger partial charge in [0.15, 0.2) is 0 Å². The highest BCUT2D eigenvalue weighted by atomic mass is 19.1. The molecule has 1 aromatic rings. The molecule has 0 aliphatic rings. The summed E-state index contributed by atoms with van der Waals surface area (Å²) in [5.41, 5.74) is 5.31. The summed E-state index contributed by atoms with van der Waals surface area (Å²) in [5.74, 6) is -0.813. The second-order valence-corrected chi connectivity index (χ2v) is 3.23. The third-order valence-corrected chi connectivity index (χ3v) is 1.86. The van der Waals surface area contributed by atoms with Crippen LogP contribution in [0.5, 0.6) is 0 Å². The van der Waals surface area contributed by atoms with E-state index < -0.39 is 18.0 Å². The second kappa shape index (κ2) is 5.11. The number of nitrogens with two attached hydrogens (primary N) is 1. The molecule has 5 nitrogen and oxygen atoms in total. The molecule has 0 saturated heterocycles. The van der Waals surface area contributed by atoms with E-state index in [0.29, 0.717) is 5.69 Å². The van der Waals surface area contributed by atoms with Crippen molar-refractivity contribution in [1.29, 1.82) is 0 Å². The van der Waals surface area contributed by atoms with Gasteiger partial charge < -0.3 is 16.4 Å². The van der Waals surface area contributed by atoms with Crippen molar-refractivity contribution >= 4 is 17.6 Å². The lowest BCUT2D eigenvalue weighted by molar-refractivity contribution is -0.117. The zero-order chi connectivity index (χ0) is 12.1. The fourth-order valence-corrected chi connectivity index (χ4v) is 1.06. The van der Waals surface area contributed by atoms with E-state index in [0.717, 1.165) is 0 Å². The molecule has 1 aromatic carbocycles. The highest BCUT2D eigenvalue weighted by Gasteiger charge is 2.13. The predicted octanol–water partition coefficient (Wildman–Crippen LogP) is 0.821. The molecule has 0 fully saturated rings. The third kappa shape index (κ3) is 3.56. The summed E-state index contributed by atoms with van der Waals surface area (Å²) in [6, 6.07) is 3.77. The van der Waals surface area contributed by atoms with Crippen molar-refractivity contribution in [3.63, 3.8) is 0 Å². The highest BCUT2D eigenvalue weighted by Crippen LogP contribution is 2.08. The number of carbonyl (C=O) groups excluding carboxylic acids is 2. The van der Waals surface area contributed by atoms with Gasteiger partial charge in [0.1, 0.15) is 11.9 Å². The second-order valence-electron chi connectivity index (χ2n) is 3.23. The number of nitrogens with one attached hydrogen (secondary N) is 2. The van der Waals surface area contributed by atoms with E-state index in [-0.39, 0.29) is 5.82 Å². The largest absolute Gasteiger partial charge is 0.352 e. The Balaban J connectivity index is 2.57. The summed E-state index contributed by atoms with van der Waals surface area (Å²) in [4.78, 5) is 22.0. The average Bonchev–Trinajstić information content (AvgIpc) is 2.20. The molecular formula is C10H12FN3O2. The molecule has 1 atom stereocenters. The van der Waals surface area contributed by atoms with Crippen molar-refractivity contribution in [2.75, 3.05) is 5.32 Å². The maximum atomic E-state index is 12.6. The SMILES string of the molecule is CC(NC(N)=O)C(=O)Nc1ccc(F)cc1. The molecule has 16 heavy (non-hydrogen) atoms. The molecular weight excluding hydrogens is 213 g/mol. The summed E-state index contributed by atoms with van der Waals surface area (Å²) >= 11 is 0. The molecule has 0 bridgehead atoms. The number of hydrogen-bond acceptors (Lipinski definition) is 2. The van der Waals surface area contributed by atoms with E-state index in [1.807, 2.05) is 0 Å². The smallest absolute Gasteiger partial charge is 0.312 e. The monoisotopic (exact) mass is 225 g/mol. The zero-order valence-electron chi connectivity index (χ0n) is 8.66. The number of halogens is 1. The summed E-state index contributed by atoms with van der Waals surface area (Å²) < 4.78 is 12.6. The van der Waals surface area contributed by atoms with Gasteiger partial charge in [-0.1, -0.05) is 0 Å². The van der Waals surface area contributed by atoms with E-state index in [2.05, 4.69) is 10.6 Å². The number of rotatable bonds is 3. The third-order valence-electron chi connectivity index (χ3n) is 1.86. The van der Waals surface area contributed by atoms with Crippen LogP contribution < -0.4 is 16.4 Å². The van der Waals surface area contributed by atoms with E-state index >= 15 is 0 Å². The maximum Gasteiger partial charge on any atom is 0.312 e. The van der Waals surface area contributed by atoms with Crippen LogP contribution in [0.1, 0.15) is 6.92 Å². The molecule has 0 aliphatic heterocycles. The Hall–Kier alpha value is -2.11. The molecule has 0 saturated carbocycles. The van der Waals surface area contributed by atoms with Crippen molar-refractivity contribution < 1.29 is 14.0 Å². The van der Waals surface area contributed by atoms with Crippen molar-refractivity contribution in [1.82, 2.24) is 5.32 Å². The summed E-state index contributed by atoms with van der Waals surface area (Å²) in [6.07, 6.45) is 0. The fraction of sp³-hybridized carbons (Fsp3) is 0.200. The molecule has 0 aromatic heterocycles. The van der Waals surface area contributed by atoms with Crippen LogP contribution >= 0.6 is 0 Å². The molecule has 3 amide bonds. The zero-order valence-corrected chi connectivity index (χ0v) is 8.66. The topological polar surface area (TPSA) is 84.2 Å². The number of urea groups is 1. The van der Waals surface area contributed by atoms with Crippen LogP contribution in [0.3, 0.4) is 0 Å². The lowest BCUT2D eigenvalue weighted by atomic mass is 10.2. The predicted molar refractivity (Wildman–Crippen MR) is 57.2 cm³/mol. The Bertz CT molecular complexity index is 392. The van der Waals surface area contributed by atoms with E-state index in [9.17, 15) is 14.0 Å². The number of benzene rings is 1. The van der Waals surface area contributed by atoms with Crippen LogP contribution in [0.15, 0.2) is 24.3 Å².